The summed E-state index contributed by atoms with van der Waals surface area (Å²) in [4.78, 5) is 42.2. The van der Waals surface area contributed by atoms with Crippen molar-refractivity contribution in [1.29, 1.82) is 0 Å². The van der Waals surface area contributed by atoms with Crippen LogP contribution in [0.4, 0.5) is 0 Å². The number of morpholine rings is 1. The Morgan fingerprint density at radius 3 is 2.46 bits per heavy atom. The molecule has 0 saturated carbocycles. The van der Waals surface area contributed by atoms with E-state index < -0.39 is 23.7 Å². The average molecular weight is 507 g/mol. The molecule has 1 N–H and O–H groups in total. The van der Waals surface area contributed by atoms with Crippen molar-refractivity contribution >= 4 is 23.4 Å². The van der Waals surface area contributed by atoms with Crippen molar-refractivity contribution in [1.82, 2.24) is 9.80 Å². The summed E-state index contributed by atoms with van der Waals surface area (Å²) < 4.78 is 16.0. The van der Waals surface area contributed by atoms with Gasteiger partial charge in [-0.25, -0.2) is 4.79 Å². The highest BCUT2D eigenvalue weighted by Crippen LogP contribution is 2.40. The van der Waals surface area contributed by atoms with Crippen molar-refractivity contribution in [2.45, 2.75) is 25.5 Å². The molecular formula is C28H30N2O7. The highest BCUT2D eigenvalue weighted by atomic mass is 16.5. The lowest BCUT2D eigenvalue weighted by molar-refractivity contribution is -0.140. The van der Waals surface area contributed by atoms with E-state index in [9.17, 15) is 19.5 Å². The normalized spacial score (nSPS) is 23.1. The van der Waals surface area contributed by atoms with E-state index >= 15 is 0 Å². The maximum Gasteiger partial charge on any atom is 0.337 e. The second-order valence-electron chi connectivity index (χ2n) is 9.52. The van der Waals surface area contributed by atoms with E-state index in [1.807, 2.05) is 13.0 Å². The van der Waals surface area contributed by atoms with Crippen molar-refractivity contribution in [3.05, 3.63) is 70.3 Å². The molecule has 9 heteroatoms. The molecule has 0 bridgehead atoms. The number of methoxy groups -OCH3 is 1. The van der Waals surface area contributed by atoms with Gasteiger partial charge in [0, 0.05) is 38.2 Å². The van der Waals surface area contributed by atoms with Crippen LogP contribution in [0.2, 0.25) is 0 Å². The van der Waals surface area contributed by atoms with Gasteiger partial charge in [-0.15, -0.1) is 0 Å². The summed E-state index contributed by atoms with van der Waals surface area (Å²) in [6, 6.07) is 11.1. The first-order chi connectivity index (χ1) is 17.9. The number of amides is 1. The van der Waals surface area contributed by atoms with Gasteiger partial charge in [0.25, 0.3) is 11.7 Å². The van der Waals surface area contributed by atoms with Gasteiger partial charge in [0.15, 0.2) is 0 Å². The van der Waals surface area contributed by atoms with Gasteiger partial charge >= 0.3 is 5.97 Å². The fourth-order valence-corrected chi connectivity index (χ4v) is 5.18. The summed E-state index contributed by atoms with van der Waals surface area (Å²) in [5.74, 6) is -1.34. The number of fused-ring (bicyclic) bond motifs is 1. The SMILES string of the molecule is COC(=O)c1ccc([C@@H]2C(=C(O)c3ccc4c(c3)C[C@H](C)O4)C(=O)C(=O)N2CCN2CCOCC2)cc1. The number of hydrogen-bond acceptors (Lipinski definition) is 8. The molecule has 0 aliphatic carbocycles. The van der Waals surface area contributed by atoms with Crippen LogP contribution in [-0.4, -0.2) is 85.2 Å². The lowest BCUT2D eigenvalue weighted by Crippen LogP contribution is -2.42. The molecule has 2 atom stereocenters. The molecule has 9 nitrogen and oxygen atoms in total. The molecule has 0 unspecified atom stereocenters. The predicted octanol–water partition coefficient (Wildman–Crippen LogP) is 2.55. The highest BCUT2D eigenvalue weighted by Gasteiger charge is 2.46. The number of ketones is 1. The summed E-state index contributed by atoms with van der Waals surface area (Å²) in [5, 5.41) is 11.4. The van der Waals surface area contributed by atoms with Crippen LogP contribution in [0.25, 0.3) is 5.76 Å². The number of Topliss-reactive ketones (excluding diaryl/α,β-unsaturated/α-hetero) is 1. The third kappa shape index (κ3) is 4.84. The van der Waals surface area contributed by atoms with Crippen LogP contribution < -0.4 is 4.74 Å². The van der Waals surface area contributed by atoms with E-state index in [0.717, 1.165) is 24.4 Å². The Morgan fingerprint density at radius 1 is 1.05 bits per heavy atom. The molecule has 3 aliphatic heterocycles. The van der Waals surface area contributed by atoms with Crippen LogP contribution in [0, 0.1) is 0 Å². The topological polar surface area (TPSA) is 106 Å². The summed E-state index contributed by atoms with van der Waals surface area (Å²) in [6.07, 6.45) is 0.731. The zero-order valence-corrected chi connectivity index (χ0v) is 20.9. The number of esters is 1. The number of likely N-dealkylation sites (tertiary alicyclic amines) is 1. The number of benzene rings is 2. The smallest absolute Gasteiger partial charge is 0.337 e. The Bertz CT molecular complexity index is 1250. The molecule has 0 aromatic heterocycles. The second kappa shape index (κ2) is 10.4. The minimum atomic E-state index is -0.795. The van der Waals surface area contributed by atoms with E-state index in [1.165, 1.54) is 12.0 Å². The standard InChI is InChI=1S/C28H30N2O7/c1-17-15-21-16-20(7-8-22(21)37-17)25(31)23-24(18-3-5-19(6-4-18)28(34)35-2)30(27(33)26(23)32)10-9-29-11-13-36-14-12-29/h3-8,16-17,24,31H,9-15H2,1-2H3/t17-,24+/m0/s1. The zero-order chi connectivity index (χ0) is 26.1. The number of aliphatic hydroxyl groups excluding tert-OH is 1. The van der Waals surface area contributed by atoms with Crippen LogP contribution in [0.15, 0.2) is 48.0 Å². The second-order valence-corrected chi connectivity index (χ2v) is 9.52. The first kappa shape index (κ1) is 25.0. The molecule has 2 aromatic rings. The van der Waals surface area contributed by atoms with Crippen LogP contribution >= 0.6 is 0 Å². The van der Waals surface area contributed by atoms with Crippen LogP contribution in [-0.2, 0) is 25.5 Å². The van der Waals surface area contributed by atoms with Gasteiger partial charge in [-0.1, -0.05) is 12.1 Å². The molecule has 2 aromatic carbocycles. The molecule has 3 aliphatic rings. The first-order valence-electron chi connectivity index (χ1n) is 12.4. The minimum Gasteiger partial charge on any atom is -0.507 e. The van der Waals surface area contributed by atoms with Gasteiger partial charge in [-0.3, -0.25) is 14.5 Å². The van der Waals surface area contributed by atoms with Gasteiger partial charge in [-0.2, -0.15) is 0 Å². The van der Waals surface area contributed by atoms with Crippen molar-refractivity contribution in [3.8, 4) is 5.75 Å². The number of carbonyl (C=O) groups is 3. The van der Waals surface area contributed by atoms with Gasteiger partial charge in [0.2, 0.25) is 0 Å². The van der Waals surface area contributed by atoms with E-state index in [4.69, 9.17) is 14.2 Å². The lowest BCUT2D eigenvalue weighted by atomic mass is 9.94. The number of carbonyl (C=O) groups excluding carboxylic acids is 3. The lowest BCUT2D eigenvalue weighted by Gasteiger charge is -2.31. The van der Waals surface area contributed by atoms with Crippen LogP contribution in [0.1, 0.15) is 40.0 Å². The zero-order valence-electron chi connectivity index (χ0n) is 20.9. The Labute approximate surface area is 215 Å². The van der Waals surface area contributed by atoms with Gasteiger partial charge in [0.05, 0.1) is 37.5 Å². The quantitative estimate of drug-likeness (QED) is 0.276. The maximum atomic E-state index is 13.3. The number of ether oxygens (including phenoxy) is 3. The molecule has 37 heavy (non-hydrogen) atoms. The van der Waals surface area contributed by atoms with Crippen molar-refractivity contribution in [3.63, 3.8) is 0 Å². The molecule has 5 rings (SSSR count). The Morgan fingerprint density at radius 2 is 1.76 bits per heavy atom. The van der Waals surface area contributed by atoms with Crippen LogP contribution in [0.3, 0.4) is 0 Å². The maximum absolute atomic E-state index is 13.3. The third-order valence-corrected chi connectivity index (χ3v) is 7.12. The van der Waals surface area contributed by atoms with E-state index in [2.05, 4.69) is 4.90 Å². The minimum absolute atomic E-state index is 0.0321. The number of aliphatic hydroxyl groups is 1. The number of nitrogens with zero attached hydrogens (tertiary/aromatic N) is 2. The highest BCUT2D eigenvalue weighted by molar-refractivity contribution is 6.46. The fraction of sp³-hybridized carbons (Fsp3) is 0.393. The van der Waals surface area contributed by atoms with Crippen LogP contribution in [0.5, 0.6) is 5.75 Å². The van der Waals surface area contributed by atoms with E-state index in [0.29, 0.717) is 49.4 Å². The molecular weight excluding hydrogens is 476 g/mol. The first-order valence-corrected chi connectivity index (χ1v) is 12.4. The fourth-order valence-electron chi connectivity index (χ4n) is 5.18. The van der Waals surface area contributed by atoms with E-state index in [-0.39, 0.29) is 17.4 Å². The Balaban J connectivity index is 1.53. The molecule has 194 valence electrons. The average Bonchev–Trinajstić information content (AvgIpc) is 3.42. The molecule has 0 radical (unpaired) electrons. The largest absolute Gasteiger partial charge is 0.507 e. The number of rotatable bonds is 6. The van der Waals surface area contributed by atoms with E-state index in [1.54, 1.807) is 36.4 Å². The van der Waals surface area contributed by atoms with Gasteiger partial charge in [-0.05, 0) is 48.4 Å². The number of hydrogen-bond donors (Lipinski definition) is 1. The van der Waals surface area contributed by atoms with Crippen molar-refractivity contribution < 1.29 is 33.7 Å². The van der Waals surface area contributed by atoms with Crippen molar-refractivity contribution in [2.24, 2.45) is 0 Å². The van der Waals surface area contributed by atoms with Gasteiger partial charge < -0.3 is 24.2 Å². The third-order valence-electron chi connectivity index (χ3n) is 7.12. The molecule has 3 heterocycles. The summed E-state index contributed by atoms with van der Waals surface area (Å²) in [6.45, 7) is 5.59. The molecule has 1 amide bonds. The monoisotopic (exact) mass is 506 g/mol. The summed E-state index contributed by atoms with van der Waals surface area (Å²) in [7, 11) is 1.30. The van der Waals surface area contributed by atoms with Gasteiger partial charge in [0.1, 0.15) is 17.6 Å². The van der Waals surface area contributed by atoms with Crippen molar-refractivity contribution in [2.75, 3.05) is 46.5 Å². The summed E-state index contributed by atoms with van der Waals surface area (Å²) in [5.41, 5.74) is 2.40. The predicted molar refractivity (Wildman–Crippen MR) is 134 cm³/mol. The molecule has 2 saturated heterocycles. The molecule has 0 spiro atoms. The Kier molecular flexibility index (Phi) is 6.99. The Hall–Kier alpha value is -3.69. The molecule has 2 fully saturated rings. The summed E-state index contributed by atoms with van der Waals surface area (Å²) >= 11 is 0.